The zero-order chi connectivity index (χ0) is 9.68. The van der Waals surface area contributed by atoms with Gasteiger partial charge in [-0.25, -0.2) is 4.39 Å². The second-order valence-electron chi connectivity index (χ2n) is 2.67. The summed E-state index contributed by atoms with van der Waals surface area (Å²) < 4.78 is 17.9. The average molecular weight is 184 g/mol. The lowest BCUT2D eigenvalue weighted by Crippen LogP contribution is -2.24. The van der Waals surface area contributed by atoms with Crippen molar-refractivity contribution in [2.24, 2.45) is 5.84 Å². The van der Waals surface area contributed by atoms with E-state index in [1.807, 2.05) is 6.07 Å². The Labute approximate surface area is 76.7 Å². The van der Waals surface area contributed by atoms with Gasteiger partial charge in [0.25, 0.3) is 0 Å². The molecule has 0 atom stereocenters. The number of methoxy groups -OCH3 is 1. The van der Waals surface area contributed by atoms with Gasteiger partial charge in [-0.15, -0.1) is 0 Å². The first-order chi connectivity index (χ1) is 6.27. The van der Waals surface area contributed by atoms with Crippen molar-refractivity contribution < 1.29 is 9.13 Å². The smallest absolute Gasteiger partial charge is 0.165 e. The molecule has 0 saturated heterocycles. The number of nitrogens with one attached hydrogen (secondary N) is 1. The molecule has 1 rings (SSSR count). The third-order valence-corrected chi connectivity index (χ3v) is 1.77. The van der Waals surface area contributed by atoms with Crippen molar-refractivity contribution in [3.05, 3.63) is 29.6 Å². The molecule has 1 aromatic carbocycles. The average Bonchev–Trinajstić information content (AvgIpc) is 2.15. The van der Waals surface area contributed by atoms with Gasteiger partial charge in [0, 0.05) is 6.54 Å². The second kappa shape index (κ2) is 4.79. The number of halogens is 1. The first kappa shape index (κ1) is 9.95. The zero-order valence-corrected chi connectivity index (χ0v) is 7.51. The van der Waals surface area contributed by atoms with Gasteiger partial charge >= 0.3 is 0 Å². The highest BCUT2D eigenvalue weighted by Gasteiger charge is 2.02. The number of benzene rings is 1. The largest absolute Gasteiger partial charge is 0.494 e. The SMILES string of the molecule is COc1ccc(CCNN)cc1F. The van der Waals surface area contributed by atoms with Crippen LogP contribution >= 0.6 is 0 Å². The molecule has 0 saturated carbocycles. The van der Waals surface area contributed by atoms with Crippen LogP contribution in [0.2, 0.25) is 0 Å². The minimum absolute atomic E-state index is 0.268. The number of hydrogen-bond acceptors (Lipinski definition) is 3. The summed E-state index contributed by atoms with van der Waals surface area (Å²) in [5.41, 5.74) is 3.41. The standard InChI is InChI=1S/C9H13FN2O/c1-13-9-3-2-7(4-5-12-11)6-8(9)10/h2-3,6,12H,4-5,11H2,1H3. The van der Waals surface area contributed by atoms with E-state index in [0.717, 1.165) is 5.56 Å². The van der Waals surface area contributed by atoms with E-state index in [4.69, 9.17) is 10.6 Å². The van der Waals surface area contributed by atoms with Crippen molar-refractivity contribution in [2.45, 2.75) is 6.42 Å². The monoisotopic (exact) mass is 184 g/mol. The van der Waals surface area contributed by atoms with Crippen LogP contribution in [0, 0.1) is 5.82 Å². The molecule has 0 radical (unpaired) electrons. The number of nitrogens with two attached hydrogens (primary N) is 1. The minimum atomic E-state index is -0.336. The highest BCUT2D eigenvalue weighted by Crippen LogP contribution is 2.17. The lowest BCUT2D eigenvalue weighted by molar-refractivity contribution is 0.386. The van der Waals surface area contributed by atoms with E-state index in [9.17, 15) is 4.39 Å². The van der Waals surface area contributed by atoms with Gasteiger partial charge in [-0.1, -0.05) is 6.07 Å². The predicted octanol–water partition coefficient (Wildman–Crippen LogP) is 0.840. The summed E-state index contributed by atoms with van der Waals surface area (Å²) in [5.74, 6) is 5.03. The van der Waals surface area contributed by atoms with Crippen molar-refractivity contribution in [2.75, 3.05) is 13.7 Å². The van der Waals surface area contributed by atoms with Crippen molar-refractivity contribution in [1.29, 1.82) is 0 Å². The summed E-state index contributed by atoms with van der Waals surface area (Å²) in [6, 6.07) is 4.89. The molecular formula is C9H13FN2O. The molecule has 1 aromatic rings. The van der Waals surface area contributed by atoms with Gasteiger partial charge in [0.05, 0.1) is 7.11 Å². The molecule has 13 heavy (non-hydrogen) atoms. The zero-order valence-electron chi connectivity index (χ0n) is 7.51. The van der Waals surface area contributed by atoms with Crippen LogP contribution in [0.3, 0.4) is 0 Å². The maximum atomic E-state index is 13.1. The third kappa shape index (κ3) is 2.68. The molecule has 3 nitrogen and oxygen atoms in total. The fraction of sp³-hybridized carbons (Fsp3) is 0.333. The van der Waals surface area contributed by atoms with E-state index in [1.54, 1.807) is 6.07 Å². The summed E-state index contributed by atoms with van der Waals surface area (Å²) in [5, 5.41) is 0. The summed E-state index contributed by atoms with van der Waals surface area (Å²) in [4.78, 5) is 0. The lowest BCUT2D eigenvalue weighted by atomic mass is 10.1. The maximum Gasteiger partial charge on any atom is 0.165 e. The molecule has 0 bridgehead atoms. The van der Waals surface area contributed by atoms with Gasteiger partial charge < -0.3 is 4.74 Å². The maximum absolute atomic E-state index is 13.1. The fourth-order valence-electron chi connectivity index (χ4n) is 1.08. The Morgan fingerprint density at radius 2 is 2.31 bits per heavy atom. The Morgan fingerprint density at radius 3 is 2.85 bits per heavy atom. The number of hydrogen-bond donors (Lipinski definition) is 2. The van der Waals surface area contributed by atoms with Gasteiger partial charge in [-0.3, -0.25) is 11.3 Å². The molecule has 0 aliphatic carbocycles. The van der Waals surface area contributed by atoms with Gasteiger partial charge in [0.1, 0.15) is 0 Å². The van der Waals surface area contributed by atoms with Crippen LogP contribution in [0.1, 0.15) is 5.56 Å². The van der Waals surface area contributed by atoms with Gasteiger partial charge in [-0.05, 0) is 24.1 Å². The molecule has 0 aliphatic heterocycles. The molecular weight excluding hydrogens is 171 g/mol. The summed E-state index contributed by atoms with van der Waals surface area (Å²) in [6.07, 6.45) is 0.706. The highest BCUT2D eigenvalue weighted by atomic mass is 19.1. The molecule has 0 fully saturated rings. The first-order valence-electron chi connectivity index (χ1n) is 4.04. The summed E-state index contributed by atoms with van der Waals surface area (Å²) in [6.45, 7) is 0.631. The minimum Gasteiger partial charge on any atom is -0.494 e. The Bertz CT molecular complexity index is 278. The van der Waals surface area contributed by atoms with Crippen LogP contribution in [-0.4, -0.2) is 13.7 Å². The molecule has 0 aliphatic rings. The highest BCUT2D eigenvalue weighted by molar-refractivity contribution is 5.29. The molecule has 0 spiro atoms. The fourth-order valence-corrected chi connectivity index (χ4v) is 1.08. The normalized spacial score (nSPS) is 10.1. The van der Waals surface area contributed by atoms with E-state index in [2.05, 4.69) is 5.43 Å². The van der Waals surface area contributed by atoms with Crippen molar-refractivity contribution >= 4 is 0 Å². The van der Waals surface area contributed by atoms with E-state index >= 15 is 0 Å². The number of ether oxygens (including phenoxy) is 1. The van der Waals surface area contributed by atoms with Crippen LogP contribution in [0.15, 0.2) is 18.2 Å². The van der Waals surface area contributed by atoms with E-state index < -0.39 is 0 Å². The Hall–Kier alpha value is -1.13. The second-order valence-corrected chi connectivity index (χ2v) is 2.67. The van der Waals surface area contributed by atoms with E-state index in [1.165, 1.54) is 13.2 Å². The Balaban J connectivity index is 2.71. The lowest BCUT2D eigenvalue weighted by Gasteiger charge is -2.04. The quantitative estimate of drug-likeness (QED) is 0.538. The van der Waals surface area contributed by atoms with E-state index in [-0.39, 0.29) is 11.6 Å². The van der Waals surface area contributed by atoms with Gasteiger partial charge in [-0.2, -0.15) is 0 Å². The molecule has 3 N–H and O–H groups in total. The third-order valence-electron chi connectivity index (χ3n) is 1.77. The van der Waals surface area contributed by atoms with Crippen molar-refractivity contribution in [3.63, 3.8) is 0 Å². The van der Waals surface area contributed by atoms with Gasteiger partial charge in [0.15, 0.2) is 11.6 Å². The van der Waals surface area contributed by atoms with Crippen molar-refractivity contribution in [3.8, 4) is 5.75 Å². The van der Waals surface area contributed by atoms with Crippen LogP contribution in [0.5, 0.6) is 5.75 Å². The number of hydrazine groups is 1. The van der Waals surface area contributed by atoms with Crippen molar-refractivity contribution in [1.82, 2.24) is 5.43 Å². The van der Waals surface area contributed by atoms with Crippen LogP contribution in [0.4, 0.5) is 4.39 Å². The Kier molecular flexibility index (Phi) is 3.67. The first-order valence-corrected chi connectivity index (χ1v) is 4.04. The molecule has 0 amide bonds. The molecule has 0 aromatic heterocycles. The van der Waals surface area contributed by atoms with Crippen LogP contribution in [0.25, 0.3) is 0 Å². The molecule has 4 heteroatoms. The summed E-state index contributed by atoms with van der Waals surface area (Å²) in [7, 11) is 1.44. The molecule has 0 unspecified atom stereocenters. The number of rotatable bonds is 4. The Morgan fingerprint density at radius 1 is 1.54 bits per heavy atom. The summed E-state index contributed by atoms with van der Waals surface area (Å²) >= 11 is 0. The van der Waals surface area contributed by atoms with Gasteiger partial charge in [0.2, 0.25) is 0 Å². The van der Waals surface area contributed by atoms with Crippen LogP contribution < -0.4 is 16.0 Å². The predicted molar refractivity (Wildman–Crippen MR) is 48.8 cm³/mol. The van der Waals surface area contributed by atoms with E-state index in [0.29, 0.717) is 13.0 Å². The molecule has 0 heterocycles. The van der Waals surface area contributed by atoms with Crippen LogP contribution in [-0.2, 0) is 6.42 Å². The topological polar surface area (TPSA) is 47.3 Å². The molecule has 72 valence electrons.